The van der Waals surface area contributed by atoms with Crippen molar-refractivity contribution in [2.75, 3.05) is 0 Å². The van der Waals surface area contributed by atoms with E-state index in [2.05, 4.69) is 48.6 Å². The van der Waals surface area contributed by atoms with Gasteiger partial charge in [-0.25, -0.2) is 0 Å². The van der Waals surface area contributed by atoms with E-state index in [-0.39, 0.29) is 0 Å². The van der Waals surface area contributed by atoms with Crippen LogP contribution in [-0.4, -0.2) is 0 Å². The molecule has 0 saturated heterocycles. The molecule has 1 saturated carbocycles. The second-order valence-corrected chi connectivity index (χ2v) is 4.64. The first-order valence-electron chi connectivity index (χ1n) is 5.87. The van der Waals surface area contributed by atoms with Gasteiger partial charge in [0.25, 0.3) is 0 Å². The summed E-state index contributed by atoms with van der Waals surface area (Å²) in [6.45, 7) is 0. The fourth-order valence-corrected chi connectivity index (χ4v) is 2.93. The van der Waals surface area contributed by atoms with E-state index in [9.17, 15) is 0 Å². The van der Waals surface area contributed by atoms with Gasteiger partial charge in [0.15, 0.2) is 0 Å². The highest BCUT2D eigenvalue weighted by molar-refractivity contribution is 5.48. The van der Waals surface area contributed by atoms with E-state index in [1.165, 1.54) is 24.8 Å². The minimum Gasteiger partial charge on any atom is -0.0738 e. The van der Waals surface area contributed by atoms with Crippen LogP contribution in [0.3, 0.4) is 0 Å². The van der Waals surface area contributed by atoms with Crippen molar-refractivity contribution in [3.8, 4) is 0 Å². The Morgan fingerprint density at radius 1 is 0.933 bits per heavy atom. The van der Waals surface area contributed by atoms with Crippen molar-refractivity contribution in [3.05, 3.63) is 59.8 Å². The molecule has 0 spiro atoms. The number of hydrogen-bond donors (Lipinski definition) is 0. The summed E-state index contributed by atoms with van der Waals surface area (Å²) in [6, 6.07) is 0. The fourth-order valence-electron chi connectivity index (χ4n) is 2.93. The quantitative estimate of drug-likeness (QED) is 0.550. The first kappa shape index (κ1) is 8.96. The molecule has 2 bridgehead atoms. The molecule has 0 radical (unpaired) electrons. The fraction of sp³-hybridized carbons (Fsp3) is 0.333. The highest BCUT2D eigenvalue weighted by Crippen LogP contribution is 2.44. The van der Waals surface area contributed by atoms with Gasteiger partial charge < -0.3 is 0 Å². The van der Waals surface area contributed by atoms with Crippen molar-refractivity contribution in [2.24, 2.45) is 11.8 Å². The average molecular weight is 196 g/mol. The second kappa shape index (κ2) is 3.69. The van der Waals surface area contributed by atoms with Crippen LogP contribution in [-0.2, 0) is 0 Å². The molecule has 0 heteroatoms. The van der Waals surface area contributed by atoms with E-state index in [4.69, 9.17) is 0 Å². The maximum absolute atomic E-state index is 2.47. The SMILES string of the molecule is C1=CC2=CC3CCC(C3)/C2=C/C=C\C=C/1. The minimum absolute atomic E-state index is 0.822. The normalized spacial score (nSPS) is 40.3. The van der Waals surface area contributed by atoms with Gasteiger partial charge in [-0.15, -0.1) is 0 Å². The molecule has 3 aliphatic carbocycles. The first-order valence-corrected chi connectivity index (χ1v) is 5.87. The van der Waals surface area contributed by atoms with Gasteiger partial charge in [-0.2, -0.15) is 0 Å². The maximum Gasteiger partial charge on any atom is -0.0150 e. The van der Waals surface area contributed by atoms with Gasteiger partial charge in [-0.05, 0) is 42.2 Å². The van der Waals surface area contributed by atoms with Crippen LogP contribution in [0, 0.1) is 11.8 Å². The molecule has 0 aromatic rings. The maximum atomic E-state index is 2.47. The van der Waals surface area contributed by atoms with E-state index in [1.54, 1.807) is 5.57 Å². The van der Waals surface area contributed by atoms with Crippen molar-refractivity contribution in [3.63, 3.8) is 0 Å². The first-order chi connectivity index (χ1) is 7.43. The van der Waals surface area contributed by atoms with Crippen molar-refractivity contribution < 1.29 is 0 Å². The third kappa shape index (κ3) is 1.65. The van der Waals surface area contributed by atoms with Crippen molar-refractivity contribution in [1.82, 2.24) is 0 Å². The zero-order valence-corrected chi connectivity index (χ0v) is 8.89. The molecular formula is C15H16. The molecule has 0 aliphatic heterocycles. The van der Waals surface area contributed by atoms with Crippen LogP contribution in [0.25, 0.3) is 0 Å². The van der Waals surface area contributed by atoms with Crippen LogP contribution in [0.5, 0.6) is 0 Å². The Kier molecular flexibility index (Phi) is 2.21. The van der Waals surface area contributed by atoms with Crippen molar-refractivity contribution >= 4 is 0 Å². The summed E-state index contributed by atoms with van der Waals surface area (Å²) in [4.78, 5) is 0. The molecule has 76 valence electrons. The lowest BCUT2D eigenvalue weighted by molar-refractivity contribution is 0.594. The smallest absolute Gasteiger partial charge is 0.0150 e. The molecule has 0 nitrogen and oxygen atoms in total. The number of rotatable bonds is 0. The molecule has 15 heavy (non-hydrogen) atoms. The molecule has 3 rings (SSSR count). The zero-order valence-electron chi connectivity index (χ0n) is 8.89. The van der Waals surface area contributed by atoms with Crippen molar-refractivity contribution in [2.45, 2.75) is 19.3 Å². The Balaban J connectivity index is 2.06. The Morgan fingerprint density at radius 2 is 1.80 bits per heavy atom. The lowest BCUT2D eigenvalue weighted by Gasteiger charge is -2.21. The van der Waals surface area contributed by atoms with Gasteiger partial charge in [0.1, 0.15) is 0 Å². The lowest BCUT2D eigenvalue weighted by atomic mass is 9.84. The molecular weight excluding hydrogens is 180 g/mol. The number of fused-ring (bicyclic) bond motifs is 4. The van der Waals surface area contributed by atoms with Crippen LogP contribution in [0.1, 0.15) is 19.3 Å². The van der Waals surface area contributed by atoms with Crippen LogP contribution in [0.4, 0.5) is 0 Å². The van der Waals surface area contributed by atoms with Crippen molar-refractivity contribution in [1.29, 1.82) is 0 Å². The predicted octanol–water partition coefficient (Wildman–Crippen LogP) is 3.95. The van der Waals surface area contributed by atoms with E-state index < -0.39 is 0 Å². The number of allylic oxidation sites excluding steroid dienone is 10. The van der Waals surface area contributed by atoms with Crippen LogP contribution in [0.15, 0.2) is 59.8 Å². The standard InChI is InChI=1S/C15H16/c1-2-4-6-13-10-12-8-9-14(11-12)15(13)7-5-3-1/h1-7,10,12,14H,8-9,11H2/b2-1-,5-3-,6-4?,15-7+. The summed E-state index contributed by atoms with van der Waals surface area (Å²) in [7, 11) is 0. The van der Waals surface area contributed by atoms with E-state index in [1.807, 2.05) is 0 Å². The average Bonchev–Trinajstić information content (AvgIpc) is 2.67. The molecule has 0 aromatic carbocycles. The van der Waals surface area contributed by atoms with Gasteiger partial charge in [-0.1, -0.05) is 48.6 Å². The van der Waals surface area contributed by atoms with Gasteiger partial charge in [0, 0.05) is 0 Å². The van der Waals surface area contributed by atoms with Gasteiger partial charge in [-0.3, -0.25) is 0 Å². The monoisotopic (exact) mass is 196 g/mol. The lowest BCUT2D eigenvalue weighted by Crippen LogP contribution is -2.07. The molecule has 0 aromatic heterocycles. The number of hydrogen-bond acceptors (Lipinski definition) is 0. The Morgan fingerprint density at radius 3 is 2.80 bits per heavy atom. The van der Waals surface area contributed by atoms with Gasteiger partial charge in [0.2, 0.25) is 0 Å². The molecule has 1 fully saturated rings. The van der Waals surface area contributed by atoms with E-state index in [0.29, 0.717) is 0 Å². The highest BCUT2D eigenvalue weighted by Gasteiger charge is 2.31. The van der Waals surface area contributed by atoms with Crippen LogP contribution < -0.4 is 0 Å². The third-order valence-corrected chi connectivity index (χ3v) is 3.66. The summed E-state index contributed by atoms with van der Waals surface area (Å²) >= 11 is 0. The summed E-state index contributed by atoms with van der Waals surface area (Å²) < 4.78 is 0. The predicted molar refractivity (Wildman–Crippen MR) is 64.4 cm³/mol. The Hall–Kier alpha value is -1.30. The molecule has 2 atom stereocenters. The minimum atomic E-state index is 0.822. The summed E-state index contributed by atoms with van der Waals surface area (Å²) in [5.74, 6) is 1.67. The molecule has 2 unspecified atom stereocenters. The second-order valence-electron chi connectivity index (χ2n) is 4.64. The van der Waals surface area contributed by atoms with Crippen LogP contribution in [0.2, 0.25) is 0 Å². The summed E-state index contributed by atoms with van der Waals surface area (Å²) in [5, 5.41) is 0. The third-order valence-electron chi connectivity index (χ3n) is 3.66. The van der Waals surface area contributed by atoms with Gasteiger partial charge in [0.05, 0.1) is 0 Å². The molecule has 0 N–H and O–H groups in total. The molecule has 0 heterocycles. The Bertz CT molecular complexity index is 402. The van der Waals surface area contributed by atoms with E-state index >= 15 is 0 Å². The topological polar surface area (TPSA) is 0 Å². The summed E-state index contributed by atoms with van der Waals surface area (Å²) in [6.07, 6.45) is 21.8. The highest BCUT2D eigenvalue weighted by atomic mass is 14.4. The van der Waals surface area contributed by atoms with Crippen LogP contribution >= 0.6 is 0 Å². The Labute approximate surface area is 91.4 Å². The zero-order chi connectivity index (χ0) is 10.1. The largest absolute Gasteiger partial charge is 0.0738 e. The van der Waals surface area contributed by atoms with E-state index in [0.717, 1.165) is 11.8 Å². The van der Waals surface area contributed by atoms with Gasteiger partial charge >= 0.3 is 0 Å². The molecule has 3 aliphatic rings. The summed E-state index contributed by atoms with van der Waals surface area (Å²) in [5.41, 5.74) is 3.02. The molecule has 0 amide bonds.